The third-order valence-corrected chi connectivity index (χ3v) is 7.26. The smallest absolute Gasteiger partial charge is 0.320 e. The minimum Gasteiger partial charge on any atom is -0.493 e. The van der Waals surface area contributed by atoms with Crippen LogP contribution in [-0.2, 0) is 0 Å². The molecule has 2 heterocycles. The maximum atomic E-state index is 12.0. The molecule has 2 aliphatic rings. The van der Waals surface area contributed by atoms with Crippen LogP contribution in [0.3, 0.4) is 0 Å². The minimum atomic E-state index is -0.293. The topological polar surface area (TPSA) is 136 Å². The Hall–Kier alpha value is -2.98. The number of aromatic nitrogens is 2. The molecule has 4 N–H and O–H groups in total. The summed E-state index contributed by atoms with van der Waals surface area (Å²) in [5.41, 5.74) is 1.75. The predicted molar refractivity (Wildman–Crippen MR) is 140 cm³/mol. The molecule has 2 aromatic rings. The van der Waals surface area contributed by atoms with Gasteiger partial charge in [-0.05, 0) is 49.4 Å². The first-order chi connectivity index (χ1) is 17.0. The second-order valence-electron chi connectivity index (χ2n) is 8.44. The summed E-state index contributed by atoms with van der Waals surface area (Å²) in [4.78, 5) is 25.5. The molecule has 0 spiro atoms. The van der Waals surface area contributed by atoms with E-state index in [1.54, 1.807) is 6.07 Å². The van der Waals surface area contributed by atoms with Crippen LogP contribution in [0, 0.1) is 16.7 Å². The number of carbonyl (C=O) groups is 1. The fourth-order valence-electron chi connectivity index (χ4n) is 3.60. The molecule has 1 aliphatic heterocycles. The summed E-state index contributed by atoms with van der Waals surface area (Å²) in [7, 11) is 0. The number of halogens is 1. The molecule has 11 heteroatoms. The van der Waals surface area contributed by atoms with E-state index in [2.05, 4.69) is 25.6 Å². The summed E-state index contributed by atoms with van der Waals surface area (Å²) < 4.78 is 5.99. The van der Waals surface area contributed by atoms with Gasteiger partial charge in [0.05, 0.1) is 34.8 Å². The van der Waals surface area contributed by atoms with E-state index in [4.69, 9.17) is 27.2 Å². The molecule has 1 atom stereocenters. The SMILES string of the molecule is CCCNC(=O)NC1=NCC(c2cc(-c3cc(OCC4CCC4)ccc3Cl)nc(C(=N)C=N)n2)S1. The number of amides is 2. The van der Waals surface area contributed by atoms with Crippen molar-refractivity contribution in [3.05, 3.63) is 40.8 Å². The minimum absolute atomic E-state index is 0.109. The van der Waals surface area contributed by atoms with Crippen LogP contribution < -0.4 is 15.4 Å². The van der Waals surface area contributed by atoms with Gasteiger partial charge in [-0.25, -0.2) is 14.8 Å². The Balaban J connectivity index is 1.57. The van der Waals surface area contributed by atoms with Crippen molar-refractivity contribution in [3.8, 4) is 17.0 Å². The van der Waals surface area contributed by atoms with E-state index in [0.717, 1.165) is 12.6 Å². The van der Waals surface area contributed by atoms with Gasteiger partial charge in [0.1, 0.15) is 11.5 Å². The van der Waals surface area contributed by atoms with Crippen LogP contribution in [0.1, 0.15) is 49.4 Å². The molecule has 9 nitrogen and oxygen atoms in total. The molecule has 184 valence electrons. The number of thioether (sulfide) groups is 1. The Morgan fingerprint density at radius 1 is 1.31 bits per heavy atom. The molecule has 0 radical (unpaired) electrons. The number of rotatable bonds is 9. The summed E-state index contributed by atoms with van der Waals surface area (Å²) in [6.45, 7) is 3.66. The standard InChI is InChI=1S/C24H28ClN7O2S/c1-2-8-28-23(33)32-24-29-12-21(35-24)20-10-19(30-22(31-20)18(27)11-26)16-9-15(6-7-17(16)25)34-13-14-4-3-5-14/h6-7,9-11,14,21,26-27H,2-5,8,12-13H2,1H3,(H2,28,29,32,33). The summed E-state index contributed by atoms with van der Waals surface area (Å²) in [5, 5.41) is 22.0. The van der Waals surface area contributed by atoms with Crippen molar-refractivity contribution in [1.29, 1.82) is 10.8 Å². The molecule has 1 saturated carbocycles. The Morgan fingerprint density at radius 3 is 2.86 bits per heavy atom. The maximum Gasteiger partial charge on any atom is 0.320 e. The molecule has 0 bridgehead atoms. The van der Waals surface area contributed by atoms with Crippen molar-refractivity contribution in [2.24, 2.45) is 10.9 Å². The first kappa shape index (κ1) is 25.1. The summed E-state index contributed by atoms with van der Waals surface area (Å²) in [6.07, 6.45) is 5.41. The van der Waals surface area contributed by atoms with Gasteiger partial charge in [-0.2, -0.15) is 0 Å². The number of hydrogen-bond donors (Lipinski definition) is 4. The lowest BCUT2D eigenvalue weighted by atomic mass is 9.86. The second kappa shape index (κ2) is 11.6. The molecule has 2 amide bonds. The van der Waals surface area contributed by atoms with Crippen molar-refractivity contribution in [1.82, 2.24) is 20.6 Å². The van der Waals surface area contributed by atoms with E-state index in [1.807, 2.05) is 25.1 Å². The normalized spacial score (nSPS) is 17.3. The molecule has 1 aromatic heterocycles. The Morgan fingerprint density at radius 2 is 2.14 bits per heavy atom. The zero-order valence-corrected chi connectivity index (χ0v) is 21.0. The van der Waals surface area contributed by atoms with Gasteiger partial charge in [-0.3, -0.25) is 15.7 Å². The number of nitrogens with one attached hydrogen (secondary N) is 4. The van der Waals surface area contributed by atoms with E-state index < -0.39 is 0 Å². The summed E-state index contributed by atoms with van der Waals surface area (Å²) in [6, 6.07) is 7.01. The number of benzene rings is 1. The molecule has 1 fully saturated rings. The van der Waals surface area contributed by atoms with Gasteiger partial charge in [0.2, 0.25) is 0 Å². The summed E-state index contributed by atoms with van der Waals surface area (Å²) >= 11 is 7.92. The first-order valence-electron chi connectivity index (χ1n) is 11.6. The van der Waals surface area contributed by atoms with Gasteiger partial charge in [0.25, 0.3) is 0 Å². The molecular weight excluding hydrogens is 486 g/mol. The predicted octanol–water partition coefficient (Wildman–Crippen LogP) is 4.85. The van der Waals surface area contributed by atoms with Crippen LogP contribution >= 0.6 is 23.4 Å². The molecule has 1 aromatic carbocycles. The Kier molecular flexibility index (Phi) is 8.35. The molecule has 0 saturated heterocycles. The Bertz CT molecular complexity index is 1150. The van der Waals surface area contributed by atoms with E-state index in [-0.39, 0.29) is 22.8 Å². The highest BCUT2D eigenvalue weighted by Gasteiger charge is 2.26. The van der Waals surface area contributed by atoms with E-state index >= 15 is 0 Å². The maximum absolute atomic E-state index is 12.0. The van der Waals surface area contributed by atoms with Gasteiger partial charge in [0, 0.05) is 18.3 Å². The number of urea groups is 1. The van der Waals surface area contributed by atoms with Gasteiger partial charge < -0.3 is 15.5 Å². The van der Waals surface area contributed by atoms with Gasteiger partial charge in [-0.1, -0.05) is 36.7 Å². The number of nitrogens with zero attached hydrogens (tertiary/aromatic N) is 3. The van der Waals surface area contributed by atoms with Crippen LogP contribution in [0.4, 0.5) is 4.79 Å². The van der Waals surface area contributed by atoms with Crippen molar-refractivity contribution >= 4 is 46.5 Å². The lowest BCUT2D eigenvalue weighted by Crippen LogP contribution is -2.38. The van der Waals surface area contributed by atoms with Crippen molar-refractivity contribution in [2.75, 3.05) is 19.7 Å². The molecular formula is C24H28ClN7O2S. The van der Waals surface area contributed by atoms with Crippen molar-refractivity contribution in [2.45, 2.75) is 37.9 Å². The quantitative estimate of drug-likeness (QED) is 0.355. The van der Waals surface area contributed by atoms with Gasteiger partial charge >= 0.3 is 6.03 Å². The molecule has 1 unspecified atom stereocenters. The van der Waals surface area contributed by atoms with Crippen LogP contribution in [-0.4, -0.2) is 52.8 Å². The molecule has 1 aliphatic carbocycles. The third kappa shape index (κ3) is 6.37. The highest BCUT2D eigenvalue weighted by molar-refractivity contribution is 8.14. The fourth-order valence-corrected chi connectivity index (χ4v) is 4.77. The average molecular weight is 514 g/mol. The second-order valence-corrected chi connectivity index (χ2v) is 10.0. The number of hydrogen-bond acceptors (Lipinski definition) is 8. The van der Waals surface area contributed by atoms with Crippen molar-refractivity contribution in [3.63, 3.8) is 0 Å². The number of ether oxygens (including phenoxy) is 1. The fraction of sp³-hybridized carbons (Fsp3) is 0.417. The zero-order valence-electron chi connectivity index (χ0n) is 19.4. The lowest BCUT2D eigenvalue weighted by molar-refractivity contribution is 0.180. The van der Waals surface area contributed by atoms with Crippen LogP contribution in [0.2, 0.25) is 5.02 Å². The summed E-state index contributed by atoms with van der Waals surface area (Å²) in [5.74, 6) is 1.45. The van der Waals surface area contributed by atoms with Crippen LogP contribution in [0.15, 0.2) is 29.3 Å². The molecule has 35 heavy (non-hydrogen) atoms. The monoisotopic (exact) mass is 513 g/mol. The zero-order chi connectivity index (χ0) is 24.8. The lowest BCUT2D eigenvalue weighted by Gasteiger charge is -2.25. The van der Waals surface area contributed by atoms with E-state index in [0.29, 0.717) is 58.5 Å². The average Bonchev–Trinajstić information content (AvgIpc) is 3.30. The molecule has 4 rings (SSSR count). The van der Waals surface area contributed by atoms with Gasteiger partial charge in [0.15, 0.2) is 11.0 Å². The first-order valence-corrected chi connectivity index (χ1v) is 12.9. The number of carbonyl (C=O) groups excluding carboxylic acids is 1. The number of amidine groups is 1. The van der Waals surface area contributed by atoms with E-state index in [1.165, 1.54) is 31.0 Å². The van der Waals surface area contributed by atoms with E-state index in [9.17, 15) is 4.79 Å². The van der Waals surface area contributed by atoms with Crippen LogP contribution in [0.5, 0.6) is 5.75 Å². The highest BCUT2D eigenvalue weighted by atomic mass is 35.5. The number of aliphatic imine (C=N–C) groups is 1. The third-order valence-electron chi connectivity index (χ3n) is 5.80. The Labute approximate surface area is 213 Å². The van der Waals surface area contributed by atoms with Crippen molar-refractivity contribution < 1.29 is 9.53 Å². The van der Waals surface area contributed by atoms with Gasteiger partial charge in [-0.15, -0.1) is 0 Å². The largest absolute Gasteiger partial charge is 0.493 e. The highest BCUT2D eigenvalue weighted by Crippen LogP contribution is 2.37. The van der Waals surface area contributed by atoms with Crippen LogP contribution in [0.25, 0.3) is 11.3 Å².